The first-order chi connectivity index (χ1) is 13.4. The summed E-state index contributed by atoms with van der Waals surface area (Å²) in [5, 5.41) is 5.94. The van der Waals surface area contributed by atoms with E-state index in [0.29, 0.717) is 5.16 Å². The van der Waals surface area contributed by atoms with E-state index in [1.165, 1.54) is 21.2 Å². The fourth-order valence-corrected chi connectivity index (χ4v) is 6.10. The summed E-state index contributed by atoms with van der Waals surface area (Å²) in [6.07, 6.45) is 7.19. The molecule has 2 aliphatic rings. The minimum Gasteiger partial charge on any atom is -0.335 e. The molecule has 1 atom stereocenters. The van der Waals surface area contributed by atoms with Crippen molar-refractivity contribution in [3.63, 3.8) is 0 Å². The zero-order valence-electron chi connectivity index (χ0n) is 16.0. The smallest absolute Gasteiger partial charge is 0.321 e. The molecule has 4 rings (SSSR count). The lowest BCUT2D eigenvalue weighted by atomic mass is 10.2. The van der Waals surface area contributed by atoms with E-state index in [0.717, 1.165) is 60.7 Å². The Bertz CT molecular complexity index is 991. The number of fused-ring (bicyclic) bond motifs is 3. The number of thioether (sulfide) groups is 1. The zero-order valence-corrected chi connectivity index (χ0v) is 17.7. The number of nitrogens with one attached hydrogen (secondary N) is 2. The maximum absolute atomic E-state index is 12.8. The van der Waals surface area contributed by atoms with Crippen LogP contribution in [0.3, 0.4) is 0 Å². The van der Waals surface area contributed by atoms with Gasteiger partial charge in [0.15, 0.2) is 5.16 Å². The minimum atomic E-state index is -0.545. The van der Waals surface area contributed by atoms with E-state index in [9.17, 15) is 14.4 Å². The third kappa shape index (κ3) is 3.69. The molecule has 0 aliphatic heterocycles. The fraction of sp³-hybridized carbons (Fsp3) is 0.579. The monoisotopic (exact) mass is 420 g/mol. The molecule has 0 radical (unpaired) electrons. The van der Waals surface area contributed by atoms with Gasteiger partial charge in [0.2, 0.25) is 5.91 Å². The number of rotatable bonds is 4. The number of thiophene rings is 1. The zero-order chi connectivity index (χ0) is 19.8. The topological polar surface area (TPSA) is 93.1 Å². The third-order valence-corrected chi connectivity index (χ3v) is 7.81. The van der Waals surface area contributed by atoms with Crippen molar-refractivity contribution in [2.45, 2.75) is 68.3 Å². The van der Waals surface area contributed by atoms with Crippen LogP contribution in [0.1, 0.15) is 49.5 Å². The van der Waals surface area contributed by atoms with Crippen LogP contribution in [-0.4, -0.2) is 32.8 Å². The highest BCUT2D eigenvalue weighted by atomic mass is 32.2. The molecule has 2 aromatic rings. The summed E-state index contributed by atoms with van der Waals surface area (Å²) >= 11 is 2.78. The van der Waals surface area contributed by atoms with Crippen molar-refractivity contribution in [1.82, 2.24) is 20.2 Å². The van der Waals surface area contributed by atoms with Crippen LogP contribution >= 0.6 is 23.1 Å². The van der Waals surface area contributed by atoms with Gasteiger partial charge in [-0.05, 0) is 44.6 Å². The van der Waals surface area contributed by atoms with Gasteiger partial charge in [0.25, 0.3) is 5.56 Å². The molecule has 9 heteroatoms. The van der Waals surface area contributed by atoms with E-state index < -0.39 is 11.3 Å². The molecule has 28 heavy (non-hydrogen) atoms. The molecule has 1 saturated carbocycles. The molecular formula is C19H24N4O3S2. The van der Waals surface area contributed by atoms with Crippen molar-refractivity contribution in [2.75, 3.05) is 0 Å². The molecule has 2 aromatic heterocycles. The van der Waals surface area contributed by atoms with Gasteiger partial charge < -0.3 is 5.32 Å². The molecule has 1 fully saturated rings. The molecular weight excluding hydrogens is 396 g/mol. The molecule has 0 unspecified atom stereocenters. The molecule has 0 bridgehead atoms. The second kappa shape index (κ2) is 7.87. The Morgan fingerprint density at radius 3 is 2.75 bits per heavy atom. The molecule has 2 aliphatic carbocycles. The van der Waals surface area contributed by atoms with E-state index in [-0.39, 0.29) is 17.5 Å². The maximum Gasteiger partial charge on any atom is 0.321 e. The van der Waals surface area contributed by atoms with Crippen LogP contribution in [0.5, 0.6) is 0 Å². The quantitative estimate of drug-likeness (QED) is 0.586. The number of aryl methyl sites for hydroxylation is 2. The molecule has 150 valence electrons. The number of hydrogen-bond acceptors (Lipinski definition) is 6. The van der Waals surface area contributed by atoms with Crippen molar-refractivity contribution < 1.29 is 9.59 Å². The van der Waals surface area contributed by atoms with Gasteiger partial charge in [-0.3, -0.25) is 19.5 Å². The summed E-state index contributed by atoms with van der Waals surface area (Å²) in [6, 6.07) is -0.294. The highest BCUT2D eigenvalue weighted by Gasteiger charge is 2.25. The Morgan fingerprint density at radius 1 is 1.25 bits per heavy atom. The summed E-state index contributed by atoms with van der Waals surface area (Å²) < 4.78 is 1.51. The summed E-state index contributed by atoms with van der Waals surface area (Å²) in [5.74, 6) is -0.386. The largest absolute Gasteiger partial charge is 0.335 e. The van der Waals surface area contributed by atoms with Crippen molar-refractivity contribution in [2.24, 2.45) is 7.05 Å². The maximum atomic E-state index is 12.8. The average Bonchev–Trinajstić information content (AvgIpc) is 3.36. The highest BCUT2D eigenvalue weighted by molar-refractivity contribution is 8.00. The van der Waals surface area contributed by atoms with E-state index in [4.69, 9.17) is 0 Å². The normalized spacial score (nSPS) is 17.6. The molecule has 2 N–H and O–H groups in total. The predicted octanol–water partition coefficient (Wildman–Crippen LogP) is 2.73. The van der Waals surface area contributed by atoms with Crippen LogP contribution in [0.4, 0.5) is 4.79 Å². The van der Waals surface area contributed by atoms with E-state index in [2.05, 4.69) is 15.6 Å². The van der Waals surface area contributed by atoms with Gasteiger partial charge in [0.05, 0.1) is 10.6 Å². The van der Waals surface area contributed by atoms with E-state index in [1.807, 2.05) is 0 Å². The second-order valence-corrected chi connectivity index (χ2v) is 9.89. The fourth-order valence-electron chi connectivity index (χ4n) is 3.93. The van der Waals surface area contributed by atoms with Gasteiger partial charge in [0, 0.05) is 18.0 Å². The standard InChI is InChI=1S/C19H24N4O3S2/c1-10(15(24)21-18(26)20-11-6-3-4-7-11)27-19-22-16-14(17(25)23(19)2)12-8-5-9-13(12)28-16/h10-11H,3-9H2,1-2H3,(H2,20,21,24,26)/t10-/m1/s1. The van der Waals surface area contributed by atoms with Gasteiger partial charge in [0.1, 0.15) is 4.83 Å². The summed E-state index contributed by atoms with van der Waals surface area (Å²) in [7, 11) is 1.69. The van der Waals surface area contributed by atoms with Crippen LogP contribution in [-0.2, 0) is 24.7 Å². The first kappa shape index (κ1) is 19.4. The van der Waals surface area contributed by atoms with Gasteiger partial charge in [-0.15, -0.1) is 11.3 Å². The number of nitrogens with zero attached hydrogens (tertiary/aromatic N) is 2. The first-order valence-electron chi connectivity index (χ1n) is 9.73. The predicted molar refractivity (Wildman–Crippen MR) is 111 cm³/mol. The first-order valence-corrected chi connectivity index (χ1v) is 11.4. The summed E-state index contributed by atoms with van der Waals surface area (Å²) in [5.41, 5.74) is 1.09. The van der Waals surface area contributed by atoms with Gasteiger partial charge >= 0.3 is 6.03 Å². The van der Waals surface area contributed by atoms with Crippen LogP contribution in [0.15, 0.2) is 9.95 Å². The Morgan fingerprint density at radius 2 is 2.00 bits per heavy atom. The molecule has 3 amide bonds. The van der Waals surface area contributed by atoms with Crippen LogP contribution in [0.25, 0.3) is 10.2 Å². The van der Waals surface area contributed by atoms with Gasteiger partial charge in [-0.2, -0.15) is 0 Å². The number of carbonyl (C=O) groups is 2. The van der Waals surface area contributed by atoms with Crippen molar-refractivity contribution >= 4 is 45.3 Å². The molecule has 0 saturated heterocycles. The van der Waals surface area contributed by atoms with E-state index in [1.54, 1.807) is 25.3 Å². The molecule has 0 aromatic carbocycles. The molecule has 7 nitrogen and oxygen atoms in total. The van der Waals surface area contributed by atoms with Crippen LogP contribution < -0.4 is 16.2 Å². The highest BCUT2D eigenvalue weighted by Crippen LogP contribution is 2.35. The molecule has 2 heterocycles. The summed E-state index contributed by atoms with van der Waals surface area (Å²) in [4.78, 5) is 43.9. The Kier molecular flexibility index (Phi) is 5.46. The van der Waals surface area contributed by atoms with Crippen LogP contribution in [0, 0.1) is 0 Å². The lowest BCUT2D eigenvalue weighted by molar-refractivity contribution is -0.119. The Balaban J connectivity index is 1.46. The number of imide groups is 1. The molecule has 0 spiro atoms. The van der Waals surface area contributed by atoms with Crippen LogP contribution in [0.2, 0.25) is 0 Å². The Labute approximate surface area is 171 Å². The average molecular weight is 421 g/mol. The SMILES string of the molecule is C[C@@H](Sc1nc2sc3c(c2c(=O)n1C)CCC3)C(=O)NC(=O)NC1CCCC1. The minimum absolute atomic E-state index is 0.0570. The summed E-state index contributed by atoms with van der Waals surface area (Å²) in [6.45, 7) is 1.72. The van der Waals surface area contributed by atoms with Gasteiger partial charge in [-0.1, -0.05) is 24.6 Å². The van der Waals surface area contributed by atoms with Crippen molar-refractivity contribution in [3.8, 4) is 0 Å². The number of carbonyl (C=O) groups excluding carboxylic acids is 2. The lowest BCUT2D eigenvalue weighted by Gasteiger charge is -2.15. The number of urea groups is 1. The third-order valence-electron chi connectivity index (χ3n) is 5.48. The Hall–Kier alpha value is -1.87. The number of aromatic nitrogens is 2. The van der Waals surface area contributed by atoms with E-state index >= 15 is 0 Å². The number of hydrogen-bond donors (Lipinski definition) is 2. The van der Waals surface area contributed by atoms with Gasteiger partial charge in [-0.25, -0.2) is 9.78 Å². The van der Waals surface area contributed by atoms with Crippen molar-refractivity contribution in [1.29, 1.82) is 0 Å². The lowest BCUT2D eigenvalue weighted by Crippen LogP contribution is -2.46. The second-order valence-electron chi connectivity index (χ2n) is 7.50. The number of amides is 3. The van der Waals surface area contributed by atoms with Crippen molar-refractivity contribution in [3.05, 3.63) is 20.8 Å².